The highest BCUT2D eigenvalue weighted by molar-refractivity contribution is 7.10. The number of carbonyl (C=O) groups excluding carboxylic acids is 1. The maximum Gasteiger partial charge on any atom is 0.246 e. The number of aryl methyl sites for hydroxylation is 2. The molecule has 2 aromatic heterocycles. The van der Waals surface area contributed by atoms with Crippen LogP contribution >= 0.6 is 11.3 Å². The molecular weight excluding hydrogens is 314 g/mol. The fraction of sp³-hybridized carbons (Fsp3) is 0.562. The summed E-state index contributed by atoms with van der Waals surface area (Å²) < 4.78 is 11.1. The van der Waals surface area contributed by atoms with Gasteiger partial charge in [-0.3, -0.25) is 4.79 Å². The van der Waals surface area contributed by atoms with Crippen LogP contribution in [-0.4, -0.2) is 40.7 Å². The number of amides is 1. The molecule has 1 aliphatic heterocycles. The van der Waals surface area contributed by atoms with Gasteiger partial charge in [0.05, 0.1) is 13.2 Å². The molecule has 0 aromatic carbocycles. The van der Waals surface area contributed by atoms with E-state index in [0.717, 1.165) is 6.42 Å². The van der Waals surface area contributed by atoms with Crippen LogP contribution in [0.1, 0.15) is 40.7 Å². The predicted molar refractivity (Wildman–Crippen MR) is 84.2 cm³/mol. The third-order valence-electron chi connectivity index (χ3n) is 4.54. The average Bonchev–Trinajstić information content (AvgIpc) is 3.03. The molecule has 0 unspecified atom stereocenters. The minimum Gasteiger partial charge on any atom is -0.423 e. The first kappa shape index (κ1) is 14.8. The SMILES string of the molecule is Cc1nnc([C@@H]2CN(C(=O)[C@H]3C[C@@H]3c3sccc3C)CCO2)o1. The van der Waals surface area contributed by atoms with Crippen LogP contribution in [0, 0.1) is 19.8 Å². The molecule has 1 saturated heterocycles. The van der Waals surface area contributed by atoms with Gasteiger partial charge in [0.2, 0.25) is 17.7 Å². The number of ether oxygens (including phenoxy) is 1. The topological polar surface area (TPSA) is 68.5 Å². The lowest BCUT2D eigenvalue weighted by molar-refractivity contribution is -0.141. The standard InChI is InChI=1S/C16H19N3O3S/c1-9-3-6-23-14(9)11-7-12(11)16(20)19-4-5-21-13(8-19)15-18-17-10(2)22-15/h3,6,11-13H,4-5,7-8H2,1-2H3/t11-,12-,13-/m0/s1. The minimum atomic E-state index is -0.311. The van der Waals surface area contributed by atoms with Crippen LogP contribution in [0.2, 0.25) is 0 Å². The van der Waals surface area contributed by atoms with Crippen LogP contribution in [0.25, 0.3) is 0 Å². The van der Waals surface area contributed by atoms with Gasteiger partial charge in [-0.2, -0.15) is 0 Å². The molecule has 1 saturated carbocycles. The highest BCUT2D eigenvalue weighted by Gasteiger charge is 2.47. The lowest BCUT2D eigenvalue weighted by Crippen LogP contribution is -2.43. The van der Waals surface area contributed by atoms with Crippen LogP contribution in [0.15, 0.2) is 15.9 Å². The fourth-order valence-corrected chi connectivity index (χ4v) is 4.31. The van der Waals surface area contributed by atoms with Gasteiger partial charge in [-0.1, -0.05) is 0 Å². The van der Waals surface area contributed by atoms with Crippen LogP contribution < -0.4 is 0 Å². The van der Waals surface area contributed by atoms with Crippen molar-refractivity contribution < 1.29 is 13.9 Å². The van der Waals surface area contributed by atoms with Crippen LogP contribution in [0.4, 0.5) is 0 Å². The van der Waals surface area contributed by atoms with Gasteiger partial charge in [0.1, 0.15) is 0 Å². The Labute approximate surface area is 138 Å². The summed E-state index contributed by atoms with van der Waals surface area (Å²) in [6, 6.07) is 2.13. The number of hydrogen-bond donors (Lipinski definition) is 0. The van der Waals surface area contributed by atoms with Gasteiger partial charge in [-0.15, -0.1) is 21.5 Å². The van der Waals surface area contributed by atoms with Gasteiger partial charge >= 0.3 is 0 Å². The molecule has 0 N–H and O–H groups in total. The molecule has 2 fully saturated rings. The number of carbonyl (C=O) groups is 1. The van der Waals surface area contributed by atoms with E-state index >= 15 is 0 Å². The molecule has 23 heavy (non-hydrogen) atoms. The van der Waals surface area contributed by atoms with E-state index < -0.39 is 0 Å². The van der Waals surface area contributed by atoms with E-state index in [9.17, 15) is 4.79 Å². The van der Waals surface area contributed by atoms with Gasteiger partial charge in [0.15, 0.2) is 6.10 Å². The molecule has 1 amide bonds. The Morgan fingerprint density at radius 2 is 2.26 bits per heavy atom. The summed E-state index contributed by atoms with van der Waals surface area (Å²) in [6.07, 6.45) is 0.650. The van der Waals surface area contributed by atoms with E-state index in [0.29, 0.717) is 37.4 Å². The molecule has 0 radical (unpaired) electrons. The van der Waals surface area contributed by atoms with E-state index in [1.807, 2.05) is 4.90 Å². The molecule has 0 bridgehead atoms. The Kier molecular flexibility index (Phi) is 3.69. The molecule has 0 spiro atoms. The molecule has 1 aliphatic carbocycles. The first-order valence-corrected chi connectivity index (χ1v) is 8.76. The zero-order valence-electron chi connectivity index (χ0n) is 13.2. The largest absolute Gasteiger partial charge is 0.423 e. The number of aromatic nitrogens is 2. The van der Waals surface area contributed by atoms with Crippen molar-refractivity contribution in [1.29, 1.82) is 0 Å². The monoisotopic (exact) mass is 333 g/mol. The summed E-state index contributed by atoms with van der Waals surface area (Å²) in [5.41, 5.74) is 1.30. The summed E-state index contributed by atoms with van der Waals surface area (Å²) in [6.45, 7) is 5.50. The molecule has 3 heterocycles. The lowest BCUT2D eigenvalue weighted by atomic mass is 10.1. The van der Waals surface area contributed by atoms with Crippen molar-refractivity contribution in [3.05, 3.63) is 33.7 Å². The number of thiophene rings is 1. The van der Waals surface area contributed by atoms with Crippen molar-refractivity contribution in [2.45, 2.75) is 32.3 Å². The van der Waals surface area contributed by atoms with Crippen molar-refractivity contribution in [1.82, 2.24) is 15.1 Å². The van der Waals surface area contributed by atoms with E-state index in [4.69, 9.17) is 9.15 Å². The number of morpholine rings is 1. The maximum atomic E-state index is 12.8. The zero-order chi connectivity index (χ0) is 16.0. The van der Waals surface area contributed by atoms with E-state index in [2.05, 4.69) is 28.6 Å². The second-order valence-corrected chi connectivity index (χ2v) is 7.17. The van der Waals surface area contributed by atoms with Crippen LogP contribution in [-0.2, 0) is 9.53 Å². The summed E-state index contributed by atoms with van der Waals surface area (Å²) in [5.74, 6) is 1.72. The minimum absolute atomic E-state index is 0.121. The Hall–Kier alpha value is -1.73. The predicted octanol–water partition coefficient (Wildman–Crippen LogP) is 2.45. The molecular formula is C16H19N3O3S. The molecule has 2 aliphatic rings. The highest BCUT2D eigenvalue weighted by atomic mass is 32.1. The summed E-state index contributed by atoms with van der Waals surface area (Å²) in [7, 11) is 0. The summed E-state index contributed by atoms with van der Waals surface area (Å²) in [4.78, 5) is 16.0. The third-order valence-corrected chi connectivity index (χ3v) is 5.69. The van der Waals surface area contributed by atoms with Crippen molar-refractivity contribution >= 4 is 17.2 Å². The van der Waals surface area contributed by atoms with Gasteiger partial charge in [0, 0.05) is 30.2 Å². The summed E-state index contributed by atoms with van der Waals surface area (Å²) >= 11 is 1.76. The van der Waals surface area contributed by atoms with Gasteiger partial charge in [-0.25, -0.2) is 0 Å². The molecule has 7 heteroatoms. The molecule has 2 aromatic rings. The van der Waals surface area contributed by atoms with Crippen LogP contribution in [0.3, 0.4) is 0 Å². The van der Waals surface area contributed by atoms with E-state index in [1.54, 1.807) is 18.3 Å². The molecule has 122 valence electrons. The van der Waals surface area contributed by atoms with Crippen molar-refractivity contribution in [3.63, 3.8) is 0 Å². The highest BCUT2D eigenvalue weighted by Crippen LogP contribution is 2.51. The van der Waals surface area contributed by atoms with E-state index in [1.165, 1.54) is 10.4 Å². The Balaban J connectivity index is 1.42. The molecule has 4 rings (SSSR count). The number of nitrogens with zero attached hydrogens (tertiary/aromatic N) is 3. The van der Waals surface area contributed by atoms with Crippen molar-refractivity contribution in [3.8, 4) is 0 Å². The van der Waals surface area contributed by atoms with E-state index in [-0.39, 0.29) is 17.9 Å². The van der Waals surface area contributed by atoms with Crippen molar-refractivity contribution in [2.75, 3.05) is 19.7 Å². The quantitative estimate of drug-likeness (QED) is 0.863. The summed E-state index contributed by atoms with van der Waals surface area (Å²) in [5, 5.41) is 9.95. The normalized spacial score (nSPS) is 27.2. The Bertz CT molecular complexity index is 726. The first-order valence-electron chi connectivity index (χ1n) is 7.88. The van der Waals surface area contributed by atoms with Gasteiger partial charge < -0.3 is 14.1 Å². The molecule has 3 atom stereocenters. The second-order valence-electron chi connectivity index (χ2n) is 6.22. The third kappa shape index (κ3) is 2.79. The van der Waals surface area contributed by atoms with Gasteiger partial charge in [0.25, 0.3) is 0 Å². The average molecular weight is 333 g/mol. The number of rotatable bonds is 3. The first-order chi connectivity index (χ1) is 11.1. The van der Waals surface area contributed by atoms with Crippen molar-refractivity contribution in [2.24, 2.45) is 5.92 Å². The van der Waals surface area contributed by atoms with Gasteiger partial charge in [-0.05, 0) is 30.4 Å². The number of hydrogen-bond acceptors (Lipinski definition) is 6. The maximum absolute atomic E-state index is 12.8. The lowest BCUT2D eigenvalue weighted by Gasteiger charge is -2.31. The Morgan fingerprint density at radius 1 is 1.39 bits per heavy atom. The second kappa shape index (κ2) is 5.72. The van der Waals surface area contributed by atoms with Crippen LogP contribution in [0.5, 0.6) is 0 Å². The zero-order valence-corrected chi connectivity index (χ0v) is 14.0. The smallest absolute Gasteiger partial charge is 0.246 e. The Morgan fingerprint density at radius 3 is 2.96 bits per heavy atom. The fourth-order valence-electron chi connectivity index (χ4n) is 3.20. The molecule has 6 nitrogen and oxygen atoms in total.